The Labute approximate surface area is 111 Å². The normalized spacial score (nSPS) is 20.6. The van der Waals surface area contributed by atoms with Gasteiger partial charge < -0.3 is 14.2 Å². The second kappa shape index (κ2) is 5.30. The van der Waals surface area contributed by atoms with Gasteiger partial charge in [-0.15, -0.1) is 0 Å². The van der Waals surface area contributed by atoms with Gasteiger partial charge in [-0.3, -0.25) is 9.59 Å². The number of benzene rings is 1. The zero-order valence-electron chi connectivity index (χ0n) is 11.1. The first-order chi connectivity index (χ1) is 9.01. The molecule has 2 atom stereocenters. The third-order valence-electron chi connectivity index (χ3n) is 2.92. The molecular formula is C14H16O5. The Morgan fingerprint density at radius 1 is 1.16 bits per heavy atom. The van der Waals surface area contributed by atoms with Crippen molar-refractivity contribution in [3.8, 4) is 11.5 Å². The molecule has 0 unspecified atom stereocenters. The Bertz CT molecular complexity index is 509. The van der Waals surface area contributed by atoms with Crippen LogP contribution in [0, 0.1) is 0 Å². The van der Waals surface area contributed by atoms with Crippen molar-refractivity contribution in [1.29, 1.82) is 0 Å². The van der Waals surface area contributed by atoms with Gasteiger partial charge in [0.25, 0.3) is 0 Å². The number of carbonyl (C=O) groups excluding carboxylic acids is 2. The fraction of sp³-hybridized carbons (Fsp3) is 0.429. The highest BCUT2D eigenvalue weighted by atomic mass is 16.6. The molecule has 1 aromatic carbocycles. The second-order valence-electron chi connectivity index (χ2n) is 4.49. The summed E-state index contributed by atoms with van der Waals surface area (Å²) in [4.78, 5) is 21.8. The summed E-state index contributed by atoms with van der Waals surface area (Å²) in [5, 5.41) is 0. The minimum absolute atomic E-state index is 0.0539. The highest BCUT2D eigenvalue weighted by molar-refractivity contribution is 5.70. The van der Waals surface area contributed by atoms with Crippen molar-refractivity contribution in [1.82, 2.24) is 0 Å². The molecule has 0 saturated heterocycles. The molecule has 1 aliphatic rings. The molecule has 1 saturated carbocycles. The van der Waals surface area contributed by atoms with Crippen molar-refractivity contribution in [2.45, 2.75) is 32.3 Å². The van der Waals surface area contributed by atoms with E-state index in [0.29, 0.717) is 11.5 Å². The van der Waals surface area contributed by atoms with Gasteiger partial charge in [0.2, 0.25) is 0 Å². The number of ether oxygens (including phenoxy) is 3. The van der Waals surface area contributed by atoms with Crippen LogP contribution in [0.3, 0.4) is 0 Å². The van der Waals surface area contributed by atoms with Crippen LogP contribution in [0.1, 0.15) is 31.7 Å². The molecule has 0 amide bonds. The summed E-state index contributed by atoms with van der Waals surface area (Å²) in [6.07, 6.45) is 0.761. The molecule has 5 nitrogen and oxygen atoms in total. The SMILES string of the molecule is COc1cc([C@H]2C[C@@H]2OC(C)=O)ccc1OC(C)=O. The standard InChI is InChI=1S/C14H16O5/c1-8(15)18-12-5-4-10(6-14(12)17-3)11-7-13(11)19-9(2)16/h4-6,11,13H,7H2,1-3H3/t11-,13+/m1/s1. The van der Waals surface area contributed by atoms with E-state index in [-0.39, 0.29) is 18.0 Å². The molecule has 0 heterocycles. The Kier molecular flexibility index (Phi) is 3.74. The van der Waals surface area contributed by atoms with Gasteiger partial charge in [-0.1, -0.05) is 6.07 Å². The van der Waals surface area contributed by atoms with Crippen molar-refractivity contribution in [2.75, 3.05) is 7.11 Å². The van der Waals surface area contributed by atoms with Crippen LogP contribution >= 0.6 is 0 Å². The number of esters is 2. The maximum atomic E-state index is 11.0. The van der Waals surface area contributed by atoms with Crippen LogP contribution in [0.25, 0.3) is 0 Å². The topological polar surface area (TPSA) is 61.8 Å². The minimum Gasteiger partial charge on any atom is -0.493 e. The minimum atomic E-state index is -0.393. The van der Waals surface area contributed by atoms with Crippen LogP contribution in [-0.4, -0.2) is 25.2 Å². The van der Waals surface area contributed by atoms with Gasteiger partial charge >= 0.3 is 11.9 Å². The Morgan fingerprint density at radius 2 is 1.89 bits per heavy atom. The van der Waals surface area contributed by atoms with Gasteiger partial charge in [0, 0.05) is 19.8 Å². The van der Waals surface area contributed by atoms with Crippen molar-refractivity contribution in [3.05, 3.63) is 23.8 Å². The first-order valence-electron chi connectivity index (χ1n) is 6.05. The number of hydrogen-bond acceptors (Lipinski definition) is 5. The molecule has 102 valence electrons. The summed E-state index contributed by atoms with van der Waals surface area (Å²) in [5.41, 5.74) is 1.01. The zero-order chi connectivity index (χ0) is 14.0. The van der Waals surface area contributed by atoms with Gasteiger partial charge in [-0.05, 0) is 24.1 Å². The highest BCUT2D eigenvalue weighted by Gasteiger charge is 2.41. The molecule has 19 heavy (non-hydrogen) atoms. The smallest absolute Gasteiger partial charge is 0.308 e. The van der Waals surface area contributed by atoms with Crippen molar-refractivity contribution in [3.63, 3.8) is 0 Å². The van der Waals surface area contributed by atoms with E-state index >= 15 is 0 Å². The fourth-order valence-corrected chi connectivity index (χ4v) is 2.02. The van der Waals surface area contributed by atoms with Gasteiger partial charge in [0.15, 0.2) is 11.5 Å². The van der Waals surface area contributed by atoms with Crippen LogP contribution in [-0.2, 0) is 14.3 Å². The zero-order valence-corrected chi connectivity index (χ0v) is 11.1. The van der Waals surface area contributed by atoms with Crippen molar-refractivity contribution >= 4 is 11.9 Å². The van der Waals surface area contributed by atoms with Crippen LogP contribution in [0.5, 0.6) is 11.5 Å². The van der Waals surface area contributed by atoms with E-state index in [2.05, 4.69) is 0 Å². The molecular weight excluding hydrogens is 248 g/mol. The number of rotatable bonds is 4. The quantitative estimate of drug-likeness (QED) is 0.615. The molecule has 0 N–H and O–H groups in total. The molecule has 1 aromatic rings. The van der Waals surface area contributed by atoms with E-state index in [1.54, 1.807) is 6.07 Å². The van der Waals surface area contributed by atoms with Crippen LogP contribution in [0.4, 0.5) is 0 Å². The van der Waals surface area contributed by atoms with Gasteiger partial charge in [0.1, 0.15) is 6.10 Å². The van der Waals surface area contributed by atoms with Gasteiger partial charge in [-0.25, -0.2) is 0 Å². The molecule has 0 aliphatic heterocycles. The third-order valence-corrected chi connectivity index (χ3v) is 2.92. The Hall–Kier alpha value is -2.04. The summed E-state index contributed by atoms with van der Waals surface area (Å²) >= 11 is 0. The predicted molar refractivity (Wildman–Crippen MR) is 67.2 cm³/mol. The average molecular weight is 264 g/mol. The van der Waals surface area contributed by atoms with E-state index in [4.69, 9.17) is 14.2 Å². The third kappa shape index (κ3) is 3.24. The fourth-order valence-electron chi connectivity index (χ4n) is 2.02. The first-order valence-corrected chi connectivity index (χ1v) is 6.05. The highest BCUT2D eigenvalue weighted by Crippen LogP contribution is 2.45. The monoisotopic (exact) mass is 264 g/mol. The summed E-state index contributed by atoms with van der Waals surface area (Å²) < 4.78 is 15.4. The van der Waals surface area contributed by atoms with Crippen LogP contribution in [0.15, 0.2) is 18.2 Å². The molecule has 1 aliphatic carbocycles. The lowest BCUT2D eigenvalue weighted by atomic mass is 10.1. The summed E-state index contributed by atoms with van der Waals surface area (Å²) in [6, 6.07) is 5.36. The lowest BCUT2D eigenvalue weighted by Gasteiger charge is -2.10. The van der Waals surface area contributed by atoms with E-state index in [1.807, 2.05) is 12.1 Å². The number of carbonyl (C=O) groups is 2. The molecule has 5 heteroatoms. The van der Waals surface area contributed by atoms with E-state index in [0.717, 1.165) is 12.0 Å². The average Bonchev–Trinajstić information content (AvgIpc) is 3.07. The van der Waals surface area contributed by atoms with Gasteiger partial charge in [0.05, 0.1) is 7.11 Å². The molecule has 0 bridgehead atoms. The lowest BCUT2D eigenvalue weighted by molar-refractivity contribution is -0.142. The van der Waals surface area contributed by atoms with E-state index in [1.165, 1.54) is 21.0 Å². The van der Waals surface area contributed by atoms with Crippen LogP contribution < -0.4 is 9.47 Å². The van der Waals surface area contributed by atoms with Crippen molar-refractivity contribution < 1.29 is 23.8 Å². The molecule has 2 rings (SSSR count). The number of hydrogen-bond donors (Lipinski definition) is 0. The second-order valence-corrected chi connectivity index (χ2v) is 4.49. The maximum absolute atomic E-state index is 11.0. The summed E-state index contributed by atoms with van der Waals surface area (Å²) in [7, 11) is 1.52. The van der Waals surface area contributed by atoms with Crippen molar-refractivity contribution in [2.24, 2.45) is 0 Å². The molecule has 1 fully saturated rings. The van der Waals surface area contributed by atoms with E-state index in [9.17, 15) is 9.59 Å². The number of methoxy groups -OCH3 is 1. The van der Waals surface area contributed by atoms with Crippen LogP contribution in [0.2, 0.25) is 0 Å². The molecule has 0 radical (unpaired) electrons. The first kappa shape index (κ1) is 13.4. The largest absolute Gasteiger partial charge is 0.493 e. The molecule has 0 aromatic heterocycles. The maximum Gasteiger partial charge on any atom is 0.308 e. The lowest BCUT2D eigenvalue weighted by Crippen LogP contribution is -2.04. The predicted octanol–water partition coefficient (Wildman–Crippen LogP) is 2.04. The van der Waals surface area contributed by atoms with Gasteiger partial charge in [-0.2, -0.15) is 0 Å². The Morgan fingerprint density at radius 3 is 2.47 bits per heavy atom. The Balaban J connectivity index is 2.12. The van der Waals surface area contributed by atoms with E-state index < -0.39 is 5.97 Å². The molecule has 0 spiro atoms. The summed E-state index contributed by atoms with van der Waals surface area (Å²) in [5.74, 6) is 0.431. The summed E-state index contributed by atoms with van der Waals surface area (Å²) in [6.45, 7) is 2.74.